The molecule has 0 spiro atoms. The third-order valence-electron chi connectivity index (χ3n) is 14.9. The van der Waals surface area contributed by atoms with Crippen molar-refractivity contribution in [2.75, 3.05) is 26.4 Å². The van der Waals surface area contributed by atoms with Crippen LogP contribution >= 0.6 is 0 Å². The van der Waals surface area contributed by atoms with E-state index in [9.17, 15) is 10.2 Å². The minimum atomic E-state index is -0.775. The summed E-state index contributed by atoms with van der Waals surface area (Å²) in [4.78, 5) is 0. The predicted molar refractivity (Wildman–Crippen MR) is 301 cm³/mol. The van der Waals surface area contributed by atoms with Crippen molar-refractivity contribution in [2.45, 2.75) is 5.41 Å². The largest absolute Gasteiger partial charge is 0.491 e. The second-order valence-corrected chi connectivity index (χ2v) is 19.1. The first-order valence-electron chi connectivity index (χ1n) is 25.1. The Morgan fingerprint density at radius 1 is 0.274 bits per heavy atom. The smallest absolute Gasteiger partial charge is 0.120 e. The average molecular weight is 943 g/mol. The standard InChI is InChI=1S/C69H50O4/c70-31-33-72-63-27-21-55-39-61(25-19-57(55)41-63)69(62-26-20-58-42-64(73-34-32-71)28-22-56(58)40-62)67-43-59(51-13-5-11-49(37-51)53-17-15-45-7-1-3-9-47(45)35-53)23-29-65(67)66-30-24-60(44-68(66)69)52-14-6-12-50(38-52)54-18-16-46-8-2-4-10-48(46)36-54/h1-30,35-44,70-71H,31-34H2. The first-order chi connectivity index (χ1) is 36.0. The third-order valence-corrected chi connectivity index (χ3v) is 14.9. The minimum absolute atomic E-state index is 0.0491. The molecule has 0 bridgehead atoms. The number of aliphatic hydroxyl groups is 2. The lowest BCUT2D eigenvalue weighted by Gasteiger charge is -2.35. The van der Waals surface area contributed by atoms with Gasteiger partial charge in [-0.25, -0.2) is 0 Å². The molecule has 350 valence electrons. The quantitative estimate of drug-likeness (QED) is 0.128. The first kappa shape index (κ1) is 44.2. The molecule has 0 saturated heterocycles. The van der Waals surface area contributed by atoms with E-state index in [2.05, 4.69) is 231 Å². The number of aliphatic hydroxyl groups excluding tert-OH is 2. The summed E-state index contributed by atoms with van der Waals surface area (Å²) in [6.45, 7) is 0.371. The highest BCUT2D eigenvalue weighted by Crippen LogP contribution is 2.58. The Kier molecular flexibility index (Phi) is 11.1. The SMILES string of the molecule is OCCOc1ccc2cc(C3(c4ccc5cc(OCCO)ccc5c4)c4cc(-c5cccc(-c6ccc7ccccc7c6)c5)ccc4-c4ccc(-c5cccc(-c6ccc7ccccc7c6)c5)cc43)ccc2c1. The topological polar surface area (TPSA) is 58.9 Å². The molecule has 1 aliphatic carbocycles. The van der Waals surface area contributed by atoms with E-state index in [1.54, 1.807) is 0 Å². The van der Waals surface area contributed by atoms with E-state index in [1.807, 2.05) is 12.1 Å². The summed E-state index contributed by atoms with van der Waals surface area (Å²) in [6, 6.07) is 88.7. The van der Waals surface area contributed by atoms with Crippen LogP contribution in [0.25, 0.3) is 98.7 Å². The second-order valence-electron chi connectivity index (χ2n) is 19.1. The number of hydrogen-bond acceptors (Lipinski definition) is 4. The van der Waals surface area contributed by atoms with Crippen molar-refractivity contribution in [1.82, 2.24) is 0 Å². The molecular formula is C69H50O4. The van der Waals surface area contributed by atoms with E-state index in [0.29, 0.717) is 0 Å². The van der Waals surface area contributed by atoms with Crippen molar-refractivity contribution in [3.05, 3.63) is 265 Å². The molecule has 0 aromatic heterocycles. The van der Waals surface area contributed by atoms with Gasteiger partial charge in [0.2, 0.25) is 0 Å². The van der Waals surface area contributed by atoms with Crippen LogP contribution in [0.2, 0.25) is 0 Å². The zero-order chi connectivity index (χ0) is 48.9. The molecule has 4 heteroatoms. The van der Waals surface area contributed by atoms with Crippen molar-refractivity contribution >= 4 is 43.1 Å². The average Bonchev–Trinajstić information content (AvgIpc) is 3.75. The summed E-state index contributed by atoms with van der Waals surface area (Å²) in [5, 5.41) is 28.3. The van der Waals surface area contributed by atoms with Gasteiger partial charge < -0.3 is 19.7 Å². The Balaban J connectivity index is 1.04. The van der Waals surface area contributed by atoms with Crippen molar-refractivity contribution in [1.29, 1.82) is 0 Å². The van der Waals surface area contributed by atoms with E-state index in [0.717, 1.165) is 66.4 Å². The molecule has 0 radical (unpaired) electrons. The maximum atomic E-state index is 9.55. The Morgan fingerprint density at radius 2 is 0.616 bits per heavy atom. The molecule has 1 aliphatic rings. The zero-order valence-electron chi connectivity index (χ0n) is 40.1. The molecule has 2 N–H and O–H groups in total. The molecule has 73 heavy (non-hydrogen) atoms. The van der Waals surface area contributed by atoms with Gasteiger partial charge in [0.05, 0.1) is 18.6 Å². The summed E-state index contributed by atoms with van der Waals surface area (Å²) >= 11 is 0. The Bertz CT molecular complexity index is 3830. The molecule has 13 rings (SSSR count). The van der Waals surface area contributed by atoms with Gasteiger partial charge >= 0.3 is 0 Å². The fourth-order valence-electron chi connectivity index (χ4n) is 11.4. The van der Waals surface area contributed by atoms with E-state index in [-0.39, 0.29) is 26.4 Å². The minimum Gasteiger partial charge on any atom is -0.491 e. The number of rotatable bonds is 12. The molecule has 0 aliphatic heterocycles. The van der Waals surface area contributed by atoms with E-state index >= 15 is 0 Å². The van der Waals surface area contributed by atoms with Crippen molar-refractivity contribution in [3.8, 4) is 67.1 Å². The van der Waals surface area contributed by atoms with E-state index in [4.69, 9.17) is 9.47 Å². The fraction of sp³-hybridized carbons (Fsp3) is 0.0725. The van der Waals surface area contributed by atoms with Gasteiger partial charge in [-0.1, -0.05) is 170 Å². The van der Waals surface area contributed by atoms with Crippen LogP contribution in [0.5, 0.6) is 11.5 Å². The van der Waals surface area contributed by atoms with E-state index in [1.165, 1.54) is 66.1 Å². The highest BCUT2D eigenvalue weighted by atomic mass is 16.5. The van der Waals surface area contributed by atoms with Crippen molar-refractivity contribution < 1.29 is 19.7 Å². The van der Waals surface area contributed by atoms with Crippen LogP contribution in [0.15, 0.2) is 243 Å². The van der Waals surface area contributed by atoms with E-state index < -0.39 is 5.41 Å². The summed E-state index contributed by atoms with van der Waals surface area (Å²) < 4.78 is 11.8. The molecule has 12 aromatic carbocycles. The van der Waals surface area contributed by atoms with Crippen LogP contribution in [-0.4, -0.2) is 36.6 Å². The second kappa shape index (κ2) is 18.4. The number of benzene rings is 12. The van der Waals surface area contributed by atoms with Gasteiger partial charge in [0.25, 0.3) is 0 Å². The summed E-state index contributed by atoms with van der Waals surface area (Å²) in [6.07, 6.45) is 0. The predicted octanol–water partition coefficient (Wildman–Crippen LogP) is 16.1. The van der Waals surface area contributed by atoms with Gasteiger partial charge in [-0.3, -0.25) is 0 Å². The summed E-state index contributed by atoms with van der Waals surface area (Å²) in [5.41, 5.74) is 15.6. The lowest BCUT2D eigenvalue weighted by molar-refractivity contribution is 0.201. The normalized spacial score (nSPS) is 12.6. The number of ether oxygens (including phenoxy) is 2. The van der Waals surface area contributed by atoms with Crippen LogP contribution < -0.4 is 9.47 Å². The Labute approximate surface area is 424 Å². The summed E-state index contributed by atoms with van der Waals surface area (Å²) in [7, 11) is 0. The molecular weight excluding hydrogens is 893 g/mol. The lowest BCUT2D eigenvalue weighted by Crippen LogP contribution is -2.28. The molecule has 0 saturated carbocycles. The Morgan fingerprint density at radius 3 is 1.05 bits per heavy atom. The van der Waals surface area contributed by atoms with Crippen LogP contribution in [0, 0.1) is 0 Å². The van der Waals surface area contributed by atoms with Gasteiger partial charge in [0, 0.05) is 0 Å². The molecule has 0 fully saturated rings. The van der Waals surface area contributed by atoms with Crippen molar-refractivity contribution in [3.63, 3.8) is 0 Å². The number of hydrogen-bond donors (Lipinski definition) is 2. The molecule has 0 atom stereocenters. The molecule has 0 amide bonds. The molecule has 12 aromatic rings. The highest BCUT2D eigenvalue weighted by molar-refractivity contribution is 5.96. The van der Waals surface area contributed by atoms with Crippen LogP contribution in [0.3, 0.4) is 0 Å². The van der Waals surface area contributed by atoms with Gasteiger partial charge in [-0.05, 0) is 194 Å². The molecule has 0 unspecified atom stereocenters. The van der Waals surface area contributed by atoms with Gasteiger partial charge in [0.1, 0.15) is 24.7 Å². The molecule has 0 heterocycles. The maximum absolute atomic E-state index is 9.55. The first-order valence-corrected chi connectivity index (χ1v) is 25.1. The highest BCUT2D eigenvalue weighted by Gasteiger charge is 2.47. The van der Waals surface area contributed by atoms with Crippen LogP contribution in [0.4, 0.5) is 0 Å². The van der Waals surface area contributed by atoms with Gasteiger partial charge in [0.15, 0.2) is 0 Å². The number of fused-ring (bicyclic) bond motifs is 7. The van der Waals surface area contributed by atoms with Gasteiger partial charge in [-0.2, -0.15) is 0 Å². The molecule has 4 nitrogen and oxygen atoms in total. The van der Waals surface area contributed by atoms with Crippen molar-refractivity contribution in [2.24, 2.45) is 0 Å². The van der Waals surface area contributed by atoms with Crippen LogP contribution in [-0.2, 0) is 5.41 Å². The van der Waals surface area contributed by atoms with Gasteiger partial charge in [-0.15, -0.1) is 0 Å². The maximum Gasteiger partial charge on any atom is 0.120 e. The fourth-order valence-corrected chi connectivity index (χ4v) is 11.4. The Hall–Kier alpha value is -8.80. The monoisotopic (exact) mass is 942 g/mol. The van der Waals surface area contributed by atoms with Crippen LogP contribution in [0.1, 0.15) is 22.3 Å². The summed E-state index contributed by atoms with van der Waals surface area (Å²) in [5.74, 6) is 1.45. The zero-order valence-corrected chi connectivity index (χ0v) is 40.1. The lowest BCUT2D eigenvalue weighted by atomic mass is 9.66. The third kappa shape index (κ3) is 7.89.